The number of hydrogen-bond acceptors (Lipinski definition) is 4. The first-order chi connectivity index (χ1) is 21.3. The largest absolute Gasteiger partial charge is 2.00 e. The molecule has 0 saturated carbocycles. The van der Waals surface area contributed by atoms with Crippen LogP contribution in [0.2, 0.25) is 0 Å². The molecule has 0 N–H and O–H groups in total. The molecule has 0 amide bonds. The molecule has 6 heterocycles. The summed E-state index contributed by atoms with van der Waals surface area (Å²) in [6.07, 6.45) is 5.70. The van der Waals surface area contributed by atoms with Gasteiger partial charge in [0.1, 0.15) is 11.3 Å². The zero-order chi connectivity index (χ0) is 28.1. The van der Waals surface area contributed by atoms with Gasteiger partial charge >= 0.3 is 21.1 Å². The predicted octanol–water partition coefficient (Wildman–Crippen LogP) is 8.64. The quantitative estimate of drug-likeness (QED) is 0.134. The Balaban J connectivity index is 0.00000270. The predicted molar refractivity (Wildman–Crippen MR) is 170 cm³/mol. The number of imidazole rings is 1. The van der Waals surface area contributed by atoms with E-state index in [4.69, 9.17) is 19.7 Å². The van der Waals surface area contributed by atoms with E-state index in [1.54, 1.807) is 0 Å². The van der Waals surface area contributed by atoms with E-state index >= 15 is 0 Å². The van der Waals surface area contributed by atoms with Crippen molar-refractivity contribution in [2.75, 3.05) is 0 Å². The second-order valence-corrected chi connectivity index (χ2v) is 10.8. The van der Waals surface area contributed by atoms with Crippen LogP contribution in [0.4, 0.5) is 0 Å². The summed E-state index contributed by atoms with van der Waals surface area (Å²) in [6, 6.07) is 40.0. The monoisotopic (exact) mass is 744 g/mol. The molecule has 0 aliphatic carbocycles. The molecule has 0 fully saturated rings. The molecule has 44 heavy (non-hydrogen) atoms. The molecule has 0 atom stereocenters. The van der Waals surface area contributed by atoms with Crippen LogP contribution >= 0.6 is 0 Å². The van der Waals surface area contributed by atoms with Gasteiger partial charge in [0, 0.05) is 51.9 Å². The van der Waals surface area contributed by atoms with Crippen molar-refractivity contribution in [2.24, 2.45) is 0 Å². The molecule has 7 heteroatoms. The van der Waals surface area contributed by atoms with E-state index in [1.807, 2.05) is 61.1 Å². The van der Waals surface area contributed by atoms with Gasteiger partial charge < -0.3 is 13.5 Å². The van der Waals surface area contributed by atoms with Crippen molar-refractivity contribution in [3.05, 3.63) is 128 Å². The molecule has 0 radical (unpaired) electrons. The molecule has 0 aliphatic heterocycles. The first kappa shape index (κ1) is 25.2. The molecule has 208 valence electrons. The Bertz CT molecular complexity index is 2710. The molecule has 0 aliphatic rings. The van der Waals surface area contributed by atoms with Crippen molar-refractivity contribution in [1.82, 2.24) is 23.8 Å². The summed E-state index contributed by atoms with van der Waals surface area (Å²) in [7, 11) is 0. The number of ether oxygens (including phenoxy) is 1. The number of para-hydroxylation sites is 1. The zero-order valence-corrected chi connectivity index (χ0v) is 25.2. The normalized spacial score (nSPS) is 11.9. The molecular formula is C37H19N5OPt. The number of pyridine rings is 3. The molecule has 10 rings (SSSR count). The Morgan fingerprint density at radius 1 is 0.568 bits per heavy atom. The Morgan fingerprint density at radius 2 is 1.25 bits per heavy atom. The average molecular weight is 745 g/mol. The van der Waals surface area contributed by atoms with Crippen molar-refractivity contribution < 1.29 is 25.8 Å². The summed E-state index contributed by atoms with van der Waals surface area (Å²) >= 11 is 0. The van der Waals surface area contributed by atoms with Crippen LogP contribution < -0.4 is 4.74 Å². The van der Waals surface area contributed by atoms with Crippen molar-refractivity contribution >= 4 is 65.7 Å². The van der Waals surface area contributed by atoms with Crippen LogP contribution in [0.3, 0.4) is 0 Å². The maximum atomic E-state index is 6.45. The van der Waals surface area contributed by atoms with E-state index in [2.05, 4.69) is 75.5 Å². The smallest absolute Gasteiger partial charge is 0.503 e. The Morgan fingerprint density at radius 3 is 2.07 bits per heavy atom. The van der Waals surface area contributed by atoms with Crippen LogP contribution in [-0.2, 0) is 21.1 Å². The third-order valence-electron chi connectivity index (χ3n) is 8.40. The Labute approximate surface area is 264 Å². The van der Waals surface area contributed by atoms with Crippen molar-refractivity contribution in [1.29, 1.82) is 0 Å². The first-order valence-corrected chi connectivity index (χ1v) is 14.1. The van der Waals surface area contributed by atoms with E-state index < -0.39 is 0 Å². The van der Waals surface area contributed by atoms with Gasteiger partial charge in [-0.1, -0.05) is 77.0 Å². The molecule has 0 bridgehead atoms. The maximum Gasteiger partial charge on any atom is 2.00 e. The van der Waals surface area contributed by atoms with E-state index in [1.165, 1.54) is 10.8 Å². The molecule has 10 aromatic rings. The summed E-state index contributed by atoms with van der Waals surface area (Å²) in [6.45, 7) is 0. The van der Waals surface area contributed by atoms with E-state index in [0.29, 0.717) is 11.5 Å². The van der Waals surface area contributed by atoms with Gasteiger partial charge in [0.2, 0.25) is 0 Å². The molecule has 6 nitrogen and oxygen atoms in total. The van der Waals surface area contributed by atoms with E-state index in [9.17, 15) is 0 Å². The molecular weight excluding hydrogens is 726 g/mol. The Kier molecular flexibility index (Phi) is 5.35. The minimum absolute atomic E-state index is 0. The van der Waals surface area contributed by atoms with Gasteiger partial charge in [-0.15, -0.1) is 29.7 Å². The molecule has 0 unspecified atom stereocenters. The van der Waals surface area contributed by atoms with Crippen LogP contribution in [0, 0.1) is 12.1 Å². The number of hydrogen-bond donors (Lipinski definition) is 0. The minimum Gasteiger partial charge on any atom is -0.503 e. The molecule has 0 spiro atoms. The van der Waals surface area contributed by atoms with E-state index in [0.717, 1.165) is 66.2 Å². The number of benzene rings is 4. The molecule has 6 aromatic heterocycles. The van der Waals surface area contributed by atoms with Crippen molar-refractivity contribution in [2.45, 2.75) is 0 Å². The molecule has 0 saturated heterocycles. The van der Waals surface area contributed by atoms with Crippen LogP contribution in [0.25, 0.3) is 76.9 Å². The third-order valence-corrected chi connectivity index (χ3v) is 8.40. The summed E-state index contributed by atoms with van der Waals surface area (Å²) in [5.41, 5.74) is 6.59. The SMILES string of the molecule is [Pt+2].[c-]1c(Oc2[c-]c3c(cc2)c2cccc4c5cccnc5n3c24)ccc2c1c1nc(-c3ccccc3)cn1c1ncccc21. The summed E-state index contributed by atoms with van der Waals surface area (Å²) < 4.78 is 10.7. The molecule has 4 aromatic carbocycles. The van der Waals surface area contributed by atoms with E-state index in [-0.39, 0.29) is 21.1 Å². The van der Waals surface area contributed by atoms with Gasteiger partial charge in [-0.05, 0) is 29.0 Å². The second-order valence-electron chi connectivity index (χ2n) is 10.8. The second kappa shape index (κ2) is 9.34. The topological polar surface area (TPSA) is 56.7 Å². The van der Waals surface area contributed by atoms with Crippen LogP contribution in [0.5, 0.6) is 11.5 Å². The number of nitrogens with zero attached hydrogens (tertiary/aromatic N) is 5. The number of fused-ring (bicyclic) bond motifs is 12. The number of aromatic nitrogens is 5. The first-order valence-electron chi connectivity index (χ1n) is 14.1. The van der Waals surface area contributed by atoms with Gasteiger partial charge in [0.15, 0.2) is 0 Å². The van der Waals surface area contributed by atoms with Crippen LogP contribution in [0.15, 0.2) is 116 Å². The van der Waals surface area contributed by atoms with Crippen LogP contribution in [0.1, 0.15) is 0 Å². The number of rotatable bonds is 3. The fourth-order valence-corrected chi connectivity index (χ4v) is 6.56. The summed E-state index contributed by atoms with van der Waals surface area (Å²) in [4.78, 5) is 14.5. The van der Waals surface area contributed by atoms with Crippen LogP contribution in [-0.4, -0.2) is 23.8 Å². The standard InChI is InChI=1S/C37H19N5O.Pt/c1-2-7-22(8-3-1)32-21-41-35-29(11-5-17-38-35)25-15-13-23(19-31(25)37(41)40-32)43-24-14-16-26-27-9-4-10-28-30-12-6-18-39-36(30)42(34(27)28)33(26)20-24;/h1-18,21H;/q-2;+2. The third kappa shape index (κ3) is 3.43. The average Bonchev–Trinajstić information content (AvgIpc) is 3.75. The van der Waals surface area contributed by atoms with Gasteiger partial charge in [-0.2, -0.15) is 6.07 Å². The van der Waals surface area contributed by atoms with Gasteiger partial charge in [-0.25, -0.2) is 9.97 Å². The summed E-state index contributed by atoms with van der Waals surface area (Å²) in [5, 5.41) is 7.55. The zero-order valence-electron chi connectivity index (χ0n) is 22.9. The maximum absolute atomic E-state index is 6.45. The van der Waals surface area contributed by atoms with Crippen molar-refractivity contribution in [3.8, 4) is 22.8 Å². The van der Waals surface area contributed by atoms with Gasteiger partial charge in [-0.3, -0.25) is 4.98 Å². The van der Waals surface area contributed by atoms with Crippen molar-refractivity contribution in [3.63, 3.8) is 0 Å². The fourth-order valence-electron chi connectivity index (χ4n) is 6.56. The Hall–Kier alpha value is -5.32. The van der Waals surface area contributed by atoms with Gasteiger partial charge in [0.05, 0.1) is 11.3 Å². The minimum atomic E-state index is 0. The fraction of sp³-hybridized carbons (Fsp3) is 0. The summed E-state index contributed by atoms with van der Waals surface area (Å²) in [5.74, 6) is 1.20. The van der Waals surface area contributed by atoms with Gasteiger partial charge in [0.25, 0.3) is 0 Å².